The fourth-order valence-electron chi connectivity index (χ4n) is 5.42. The van der Waals surface area contributed by atoms with Crippen LogP contribution < -0.4 is 5.32 Å². The van der Waals surface area contributed by atoms with E-state index < -0.39 is 49.2 Å². The van der Waals surface area contributed by atoms with Crippen molar-refractivity contribution < 1.29 is 32.5 Å². The van der Waals surface area contributed by atoms with Crippen molar-refractivity contribution in [3.05, 3.63) is 94.2 Å². The van der Waals surface area contributed by atoms with Crippen LogP contribution in [0.25, 0.3) is 10.9 Å². The Morgan fingerprint density at radius 3 is 2.05 bits per heavy atom. The molecule has 4 aromatic rings. The van der Waals surface area contributed by atoms with Gasteiger partial charge in [-0.15, -0.1) is 0 Å². The molecule has 1 atom stereocenters. The Morgan fingerprint density at radius 1 is 0.860 bits per heavy atom. The lowest BCUT2D eigenvalue weighted by molar-refractivity contribution is 0.0886. The first-order chi connectivity index (χ1) is 19.9. The van der Waals surface area contributed by atoms with Gasteiger partial charge in [0.2, 0.25) is 0 Å². The van der Waals surface area contributed by atoms with Gasteiger partial charge >= 0.3 is 0 Å². The molecule has 3 N–H and O–H groups in total. The fourth-order valence-corrected chi connectivity index (χ4v) is 6.14. The molecule has 0 saturated carbocycles. The highest BCUT2D eigenvalue weighted by Gasteiger charge is 2.43. The number of nitrogens with one attached hydrogen (secondary N) is 1. The maximum atomic E-state index is 13.6. The van der Waals surface area contributed by atoms with Crippen molar-refractivity contribution in [2.45, 2.75) is 63.2 Å². The van der Waals surface area contributed by atoms with Gasteiger partial charge in [0, 0.05) is 27.6 Å². The standard InChI is InChI=1S/C33H32N2O7S/c1-32(2,3)20-15-18(16-21(29(20)37)33(4,5)6)31(39)35-23-11-7-9-17-13-14-22(34-27(17)23)26-28(36)19-10-8-12-24(43(40,41)42)25(19)30(26)38/h7-16,26,37H,1-6H3,(H,35,39)(H,40,41,42). The average molecular weight is 601 g/mol. The van der Waals surface area contributed by atoms with E-state index in [1.165, 1.54) is 18.2 Å². The van der Waals surface area contributed by atoms with E-state index in [9.17, 15) is 32.5 Å². The van der Waals surface area contributed by atoms with E-state index in [1.807, 2.05) is 41.5 Å². The normalized spacial score (nSPS) is 15.6. The molecule has 3 aromatic carbocycles. The number of phenols is 1. The number of carbonyl (C=O) groups excluding carboxylic acids is 3. The Bertz CT molecular complexity index is 1930. The molecule has 1 aliphatic rings. The topological polar surface area (TPSA) is 151 Å². The number of aromatic hydroxyl groups is 1. The zero-order valence-electron chi connectivity index (χ0n) is 24.6. The molecule has 0 spiro atoms. The minimum absolute atomic E-state index is 0.0800. The van der Waals surface area contributed by atoms with Crippen LogP contribution in [0.4, 0.5) is 5.69 Å². The lowest BCUT2D eigenvalue weighted by Crippen LogP contribution is -2.21. The molecular weight excluding hydrogens is 568 g/mol. The van der Waals surface area contributed by atoms with Crippen LogP contribution in [-0.4, -0.2) is 40.5 Å². The van der Waals surface area contributed by atoms with Crippen LogP contribution in [0.2, 0.25) is 0 Å². The lowest BCUT2D eigenvalue weighted by Gasteiger charge is -2.28. The predicted octanol–water partition coefficient (Wildman–Crippen LogP) is 6.20. The monoisotopic (exact) mass is 600 g/mol. The number of anilines is 1. The van der Waals surface area contributed by atoms with Gasteiger partial charge in [-0.25, -0.2) is 4.98 Å². The van der Waals surface area contributed by atoms with Crippen molar-refractivity contribution in [3.8, 4) is 5.75 Å². The smallest absolute Gasteiger partial charge is 0.295 e. The van der Waals surface area contributed by atoms with Gasteiger partial charge in [-0.3, -0.25) is 18.9 Å². The number of hydrogen-bond donors (Lipinski definition) is 3. The second-order valence-corrected chi connectivity index (χ2v) is 14.2. The molecule has 222 valence electrons. The van der Waals surface area contributed by atoms with Crippen LogP contribution >= 0.6 is 0 Å². The molecule has 9 nitrogen and oxygen atoms in total. The van der Waals surface area contributed by atoms with E-state index in [4.69, 9.17) is 0 Å². The molecule has 0 fully saturated rings. The van der Waals surface area contributed by atoms with E-state index in [-0.39, 0.29) is 22.6 Å². The molecule has 1 aliphatic carbocycles. The van der Waals surface area contributed by atoms with Gasteiger partial charge in [-0.1, -0.05) is 71.9 Å². The highest BCUT2D eigenvalue weighted by atomic mass is 32.2. The molecule has 1 heterocycles. The maximum absolute atomic E-state index is 13.6. The average Bonchev–Trinajstić information content (AvgIpc) is 3.16. The zero-order valence-corrected chi connectivity index (χ0v) is 25.5. The molecule has 43 heavy (non-hydrogen) atoms. The third kappa shape index (κ3) is 5.32. The van der Waals surface area contributed by atoms with Crippen LogP contribution in [0.15, 0.2) is 65.6 Å². The van der Waals surface area contributed by atoms with Crippen LogP contribution in [0.1, 0.15) is 95.4 Å². The number of pyridine rings is 1. The first-order valence-electron chi connectivity index (χ1n) is 13.7. The number of carbonyl (C=O) groups is 3. The molecular formula is C33H32N2O7S. The number of amides is 1. The van der Waals surface area contributed by atoms with Gasteiger partial charge in [0.25, 0.3) is 16.0 Å². The largest absolute Gasteiger partial charge is 0.507 e. The Hall–Kier alpha value is -4.41. The molecule has 0 bridgehead atoms. The third-order valence-corrected chi connectivity index (χ3v) is 8.51. The van der Waals surface area contributed by atoms with Crippen LogP contribution in [0, 0.1) is 0 Å². The first-order valence-corrected chi connectivity index (χ1v) is 15.1. The number of Topliss-reactive ketones (excluding diaryl/α,β-unsaturated/α-hetero) is 2. The summed E-state index contributed by atoms with van der Waals surface area (Å²) in [7, 11) is -4.76. The highest BCUT2D eigenvalue weighted by molar-refractivity contribution is 7.86. The molecule has 1 aromatic heterocycles. The van der Waals surface area contributed by atoms with Crippen molar-refractivity contribution in [1.82, 2.24) is 4.98 Å². The summed E-state index contributed by atoms with van der Waals surface area (Å²) in [6.45, 7) is 11.7. The first kappa shape index (κ1) is 30.1. The van der Waals surface area contributed by atoms with Gasteiger partial charge in [0.05, 0.1) is 22.5 Å². The minimum atomic E-state index is -4.76. The highest BCUT2D eigenvalue weighted by Crippen LogP contribution is 2.41. The third-order valence-electron chi connectivity index (χ3n) is 7.61. The number of para-hydroxylation sites is 1. The summed E-state index contributed by atoms with van der Waals surface area (Å²) in [5.41, 5.74) is 0.993. The molecule has 0 saturated heterocycles. The van der Waals surface area contributed by atoms with Crippen molar-refractivity contribution in [3.63, 3.8) is 0 Å². The lowest BCUT2D eigenvalue weighted by atomic mass is 9.78. The number of aromatic nitrogens is 1. The van der Waals surface area contributed by atoms with Crippen molar-refractivity contribution in [2.75, 3.05) is 5.32 Å². The SMILES string of the molecule is CC(C)(C)c1cc(C(=O)Nc2cccc3ccc(C4C(=O)c5cccc(S(=O)(=O)O)c5C4=O)nc23)cc(C(C)(C)C)c1O. The summed E-state index contributed by atoms with van der Waals surface area (Å²) in [6, 6.07) is 15.4. The summed E-state index contributed by atoms with van der Waals surface area (Å²) in [4.78, 5) is 44.3. The maximum Gasteiger partial charge on any atom is 0.295 e. The number of benzene rings is 3. The van der Waals surface area contributed by atoms with Crippen LogP contribution in [0.5, 0.6) is 5.75 Å². The second-order valence-electron chi connectivity index (χ2n) is 12.8. The summed E-state index contributed by atoms with van der Waals surface area (Å²) < 4.78 is 33.5. The molecule has 0 radical (unpaired) electrons. The minimum Gasteiger partial charge on any atom is -0.507 e. The number of rotatable bonds is 4. The molecule has 1 unspecified atom stereocenters. The van der Waals surface area contributed by atoms with E-state index in [1.54, 1.807) is 36.4 Å². The van der Waals surface area contributed by atoms with Gasteiger partial charge in [0.1, 0.15) is 16.6 Å². The summed E-state index contributed by atoms with van der Waals surface area (Å²) >= 11 is 0. The van der Waals surface area contributed by atoms with E-state index >= 15 is 0 Å². The van der Waals surface area contributed by atoms with E-state index in [0.717, 1.165) is 6.07 Å². The van der Waals surface area contributed by atoms with E-state index in [2.05, 4.69) is 10.3 Å². The number of phenolic OH excluding ortho intramolecular Hbond substituents is 1. The Kier molecular flexibility index (Phi) is 7.06. The van der Waals surface area contributed by atoms with Gasteiger partial charge < -0.3 is 10.4 Å². The number of nitrogens with zero attached hydrogens (tertiary/aromatic N) is 1. The molecule has 10 heteroatoms. The quantitative estimate of drug-likeness (QED) is 0.185. The van der Waals surface area contributed by atoms with Crippen molar-refractivity contribution in [2.24, 2.45) is 0 Å². The number of hydrogen-bond acceptors (Lipinski definition) is 7. The number of fused-ring (bicyclic) bond motifs is 2. The second kappa shape index (κ2) is 10.1. The van der Waals surface area contributed by atoms with Gasteiger partial charge in [0.15, 0.2) is 11.6 Å². The number of ketones is 2. The predicted molar refractivity (Wildman–Crippen MR) is 163 cm³/mol. The van der Waals surface area contributed by atoms with Crippen molar-refractivity contribution >= 4 is 44.2 Å². The fraction of sp³-hybridized carbons (Fsp3) is 0.273. The summed E-state index contributed by atoms with van der Waals surface area (Å²) in [5, 5.41) is 14.6. The molecule has 5 rings (SSSR count). The summed E-state index contributed by atoms with van der Waals surface area (Å²) in [6.07, 6.45) is 0. The Morgan fingerprint density at radius 2 is 1.47 bits per heavy atom. The zero-order chi connectivity index (χ0) is 31.6. The van der Waals surface area contributed by atoms with Gasteiger partial charge in [-0.05, 0) is 41.2 Å². The van der Waals surface area contributed by atoms with Gasteiger partial charge in [-0.2, -0.15) is 8.42 Å². The Balaban J connectivity index is 1.57. The summed E-state index contributed by atoms with van der Waals surface area (Å²) in [5.74, 6) is -3.11. The van der Waals surface area contributed by atoms with Crippen molar-refractivity contribution in [1.29, 1.82) is 0 Å². The molecule has 1 amide bonds. The van der Waals surface area contributed by atoms with E-state index in [0.29, 0.717) is 33.3 Å². The van der Waals surface area contributed by atoms with Crippen LogP contribution in [-0.2, 0) is 20.9 Å². The van der Waals surface area contributed by atoms with Crippen LogP contribution in [0.3, 0.4) is 0 Å². The Labute approximate surface area is 249 Å². The molecule has 0 aliphatic heterocycles.